The van der Waals surface area contributed by atoms with Crippen molar-refractivity contribution in [2.75, 3.05) is 19.0 Å². The first-order valence-electron chi connectivity index (χ1n) is 11.9. The first kappa shape index (κ1) is 20.8. The summed E-state index contributed by atoms with van der Waals surface area (Å²) in [7, 11) is 1.64. The Morgan fingerprint density at radius 2 is 2.03 bits per heavy atom. The topological polar surface area (TPSA) is 109 Å². The summed E-state index contributed by atoms with van der Waals surface area (Å²) >= 11 is 0. The van der Waals surface area contributed by atoms with Crippen molar-refractivity contribution < 1.29 is 9.53 Å². The second-order valence-electron chi connectivity index (χ2n) is 9.13. The number of benzene rings is 1. The highest BCUT2D eigenvalue weighted by atomic mass is 16.5. The molecule has 2 aliphatic rings. The molecular weight excluding hydrogens is 430 g/mol. The van der Waals surface area contributed by atoms with Crippen LogP contribution in [0, 0.1) is 0 Å². The molecule has 1 saturated heterocycles. The quantitative estimate of drug-likeness (QED) is 0.467. The number of likely N-dealkylation sites (tertiary alicyclic amines) is 1. The Morgan fingerprint density at radius 3 is 2.82 bits per heavy atom. The van der Waals surface area contributed by atoms with Crippen molar-refractivity contribution in [1.29, 1.82) is 0 Å². The zero-order valence-electron chi connectivity index (χ0n) is 19.1. The summed E-state index contributed by atoms with van der Waals surface area (Å²) in [6.07, 6.45) is 9.36. The van der Waals surface area contributed by atoms with E-state index in [9.17, 15) is 4.79 Å². The molecule has 6 rings (SSSR count). The number of fused-ring (bicyclic) bond motifs is 2. The normalized spacial score (nSPS) is 20.9. The van der Waals surface area contributed by atoms with Crippen LogP contribution < -0.4 is 10.1 Å². The zero-order valence-corrected chi connectivity index (χ0v) is 19.1. The molecule has 9 heteroatoms. The molecule has 0 atom stereocenters. The molecule has 0 radical (unpaired) electrons. The number of hydrogen-bond donors (Lipinski definition) is 2. The van der Waals surface area contributed by atoms with Gasteiger partial charge in [-0.15, -0.1) is 0 Å². The van der Waals surface area contributed by atoms with Crippen LogP contribution in [0.25, 0.3) is 33.1 Å². The minimum absolute atomic E-state index is 0.284. The fourth-order valence-corrected chi connectivity index (χ4v) is 5.37. The van der Waals surface area contributed by atoms with Crippen molar-refractivity contribution >= 4 is 33.8 Å². The van der Waals surface area contributed by atoms with E-state index in [2.05, 4.69) is 31.5 Å². The maximum absolute atomic E-state index is 12.1. The number of nitrogens with zero attached hydrogens (tertiary/aromatic N) is 5. The number of carbonyl (C=O) groups is 1. The van der Waals surface area contributed by atoms with E-state index in [-0.39, 0.29) is 6.04 Å². The number of ether oxygens (including phenoxy) is 1. The maximum Gasteiger partial charge on any atom is 0.228 e. The van der Waals surface area contributed by atoms with Gasteiger partial charge in [-0.1, -0.05) is 6.07 Å². The fraction of sp³-hybridized carbons (Fsp3) is 0.400. The van der Waals surface area contributed by atoms with Gasteiger partial charge in [-0.3, -0.25) is 4.79 Å². The third kappa shape index (κ3) is 3.70. The van der Waals surface area contributed by atoms with Gasteiger partial charge in [0, 0.05) is 42.2 Å². The summed E-state index contributed by atoms with van der Waals surface area (Å²) in [5, 5.41) is 13.5. The van der Waals surface area contributed by atoms with Crippen molar-refractivity contribution in [2.24, 2.45) is 0 Å². The zero-order chi connectivity index (χ0) is 23.1. The Kier molecular flexibility index (Phi) is 5.24. The van der Waals surface area contributed by atoms with Gasteiger partial charge in [-0.05, 0) is 55.9 Å². The number of H-pyrrole nitrogens is 1. The van der Waals surface area contributed by atoms with E-state index in [0.717, 1.165) is 71.7 Å². The van der Waals surface area contributed by atoms with Crippen LogP contribution in [0.4, 0.5) is 5.95 Å². The van der Waals surface area contributed by atoms with E-state index < -0.39 is 0 Å². The third-order valence-corrected chi connectivity index (χ3v) is 7.10. The largest absolute Gasteiger partial charge is 0.480 e. The van der Waals surface area contributed by atoms with E-state index in [0.29, 0.717) is 30.2 Å². The maximum atomic E-state index is 12.1. The molecule has 34 heavy (non-hydrogen) atoms. The van der Waals surface area contributed by atoms with Crippen molar-refractivity contribution in [2.45, 2.75) is 50.6 Å². The smallest absolute Gasteiger partial charge is 0.228 e. The predicted octanol–water partition coefficient (Wildman–Crippen LogP) is 3.92. The van der Waals surface area contributed by atoms with Gasteiger partial charge in [0.15, 0.2) is 0 Å². The van der Waals surface area contributed by atoms with Gasteiger partial charge in [0.05, 0.1) is 24.2 Å². The number of aromatic amines is 1. The molecule has 0 bridgehead atoms. The summed E-state index contributed by atoms with van der Waals surface area (Å²) in [5.41, 5.74) is 3.59. The molecule has 4 heterocycles. The number of amides is 1. The highest BCUT2D eigenvalue weighted by Crippen LogP contribution is 2.36. The van der Waals surface area contributed by atoms with Crippen LogP contribution in [0.15, 0.2) is 36.7 Å². The Morgan fingerprint density at radius 1 is 1.15 bits per heavy atom. The molecule has 1 aliphatic heterocycles. The van der Waals surface area contributed by atoms with Gasteiger partial charge in [-0.25, -0.2) is 0 Å². The standard InChI is InChI=1S/C25H27N7O2/c1-34-24-22-19(15-4-9-20-16(13-15)10-11-27-31-20)14-26-23(22)29-25(30-24)28-17-5-7-18(8-6-17)32-12-2-3-21(32)33/h4,9-11,13-14,17-18H,2-3,5-8,12H2,1H3,(H2,26,28,29,30). The number of anilines is 1. The third-order valence-electron chi connectivity index (χ3n) is 7.10. The summed E-state index contributed by atoms with van der Waals surface area (Å²) in [4.78, 5) is 26.9. The van der Waals surface area contributed by atoms with Crippen LogP contribution in [0.1, 0.15) is 38.5 Å². The van der Waals surface area contributed by atoms with Crippen molar-refractivity contribution in [1.82, 2.24) is 30.0 Å². The summed E-state index contributed by atoms with van der Waals surface area (Å²) in [5.74, 6) is 1.41. The molecule has 0 unspecified atom stereocenters. The summed E-state index contributed by atoms with van der Waals surface area (Å²) < 4.78 is 5.68. The number of methoxy groups -OCH3 is 1. The van der Waals surface area contributed by atoms with Gasteiger partial charge in [-0.2, -0.15) is 20.2 Å². The van der Waals surface area contributed by atoms with Crippen molar-refractivity contribution in [3.63, 3.8) is 0 Å². The first-order valence-corrected chi connectivity index (χ1v) is 11.9. The molecule has 0 spiro atoms. The lowest BCUT2D eigenvalue weighted by Crippen LogP contribution is -2.41. The number of aromatic nitrogens is 5. The number of hydrogen-bond acceptors (Lipinski definition) is 7. The predicted molar refractivity (Wildman–Crippen MR) is 130 cm³/mol. The van der Waals surface area contributed by atoms with Gasteiger partial charge in [0.1, 0.15) is 5.65 Å². The van der Waals surface area contributed by atoms with Crippen LogP contribution in [0.3, 0.4) is 0 Å². The molecule has 174 valence electrons. The molecular formula is C25H27N7O2. The average Bonchev–Trinajstić information content (AvgIpc) is 3.50. The monoisotopic (exact) mass is 457 g/mol. The molecule has 9 nitrogen and oxygen atoms in total. The lowest BCUT2D eigenvalue weighted by Gasteiger charge is -2.34. The van der Waals surface area contributed by atoms with Crippen LogP contribution in [0.2, 0.25) is 0 Å². The van der Waals surface area contributed by atoms with Gasteiger partial charge < -0.3 is 19.9 Å². The van der Waals surface area contributed by atoms with Crippen molar-refractivity contribution in [3.05, 3.63) is 36.7 Å². The van der Waals surface area contributed by atoms with E-state index in [1.807, 2.05) is 24.4 Å². The van der Waals surface area contributed by atoms with Crippen LogP contribution in [-0.2, 0) is 4.79 Å². The minimum Gasteiger partial charge on any atom is -0.480 e. The number of nitrogens with one attached hydrogen (secondary N) is 2. The molecule has 1 amide bonds. The minimum atomic E-state index is 0.284. The Labute approximate surface area is 196 Å². The molecule has 2 N–H and O–H groups in total. The molecule has 2 fully saturated rings. The molecule has 1 saturated carbocycles. The highest BCUT2D eigenvalue weighted by Gasteiger charge is 2.31. The lowest BCUT2D eigenvalue weighted by atomic mass is 9.90. The second-order valence-corrected chi connectivity index (χ2v) is 9.13. The summed E-state index contributed by atoms with van der Waals surface area (Å²) in [6.45, 7) is 0.915. The SMILES string of the molecule is COc1nc(NC2CCC(N3CCCC3=O)CC2)nc2[nH]cc(-c3ccc4nnccc4c3)c12. The van der Waals surface area contributed by atoms with E-state index in [1.165, 1.54) is 0 Å². The lowest BCUT2D eigenvalue weighted by molar-refractivity contribution is -0.130. The fourth-order valence-electron chi connectivity index (χ4n) is 5.37. The summed E-state index contributed by atoms with van der Waals surface area (Å²) in [6, 6.07) is 8.68. The van der Waals surface area contributed by atoms with Crippen molar-refractivity contribution in [3.8, 4) is 17.0 Å². The number of rotatable bonds is 5. The Bertz CT molecular complexity index is 1360. The van der Waals surface area contributed by atoms with Gasteiger partial charge in [0.2, 0.25) is 17.7 Å². The molecule has 3 aromatic heterocycles. The molecule has 4 aromatic rings. The number of carbonyl (C=O) groups excluding carboxylic acids is 1. The first-order chi connectivity index (χ1) is 16.7. The van der Waals surface area contributed by atoms with Crippen LogP contribution >= 0.6 is 0 Å². The average molecular weight is 458 g/mol. The van der Waals surface area contributed by atoms with E-state index in [4.69, 9.17) is 14.7 Å². The van der Waals surface area contributed by atoms with E-state index >= 15 is 0 Å². The highest BCUT2D eigenvalue weighted by molar-refractivity contribution is 5.99. The molecule has 1 aliphatic carbocycles. The Hall–Kier alpha value is -3.75. The van der Waals surface area contributed by atoms with Gasteiger partial charge in [0.25, 0.3) is 0 Å². The van der Waals surface area contributed by atoms with E-state index in [1.54, 1.807) is 13.3 Å². The second kappa shape index (κ2) is 8.55. The Balaban J connectivity index is 1.23. The van der Waals surface area contributed by atoms with Crippen LogP contribution in [-0.4, -0.2) is 61.7 Å². The van der Waals surface area contributed by atoms with Crippen LogP contribution in [0.5, 0.6) is 5.88 Å². The van der Waals surface area contributed by atoms with Gasteiger partial charge >= 0.3 is 0 Å². The molecule has 1 aromatic carbocycles.